The number of esters is 2. The highest BCUT2D eigenvalue weighted by Crippen LogP contribution is 2.01. The second-order valence-corrected chi connectivity index (χ2v) is 3.60. The van der Waals surface area contributed by atoms with Crippen molar-refractivity contribution in [2.24, 2.45) is 0 Å². The highest BCUT2D eigenvalue weighted by atomic mass is 35.5. The van der Waals surface area contributed by atoms with Crippen LogP contribution in [0.25, 0.3) is 0 Å². The summed E-state index contributed by atoms with van der Waals surface area (Å²) in [5.74, 6) is -1.47. The van der Waals surface area contributed by atoms with Gasteiger partial charge in [-0.3, -0.25) is 9.59 Å². The Morgan fingerprint density at radius 1 is 0.933 bits per heavy atom. The van der Waals surface area contributed by atoms with Crippen LogP contribution in [-0.4, -0.2) is 25.2 Å². The molecule has 0 fully saturated rings. The van der Waals surface area contributed by atoms with Crippen molar-refractivity contribution in [3.05, 3.63) is 23.2 Å². The van der Waals surface area contributed by atoms with E-state index in [-0.39, 0.29) is 23.3 Å². The summed E-state index contributed by atoms with van der Waals surface area (Å²) >= 11 is 10.7. The Labute approximate surface area is 97.4 Å². The van der Waals surface area contributed by atoms with Crippen molar-refractivity contribution in [3.8, 4) is 0 Å². The van der Waals surface area contributed by atoms with E-state index in [4.69, 9.17) is 23.2 Å². The van der Waals surface area contributed by atoms with E-state index in [1.165, 1.54) is 0 Å². The van der Waals surface area contributed by atoms with Gasteiger partial charge in [-0.1, -0.05) is 36.4 Å². The van der Waals surface area contributed by atoms with E-state index >= 15 is 0 Å². The molecule has 0 aliphatic heterocycles. The maximum Gasteiger partial charge on any atom is 0.317 e. The first kappa shape index (κ1) is 14.0. The number of carbonyl (C=O) groups excluding carboxylic acids is 2. The highest BCUT2D eigenvalue weighted by molar-refractivity contribution is 6.29. The van der Waals surface area contributed by atoms with Gasteiger partial charge >= 0.3 is 11.9 Å². The Balaban J connectivity index is 3.71. The van der Waals surface area contributed by atoms with Crippen LogP contribution in [0.3, 0.4) is 0 Å². The Bertz CT molecular complexity index is 258. The summed E-state index contributed by atoms with van der Waals surface area (Å²) in [4.78, 5) is 21.8. The Morgan fingerprint density at radius 3 is 1.53 bits per heavy atom. The van der Waals surface area contributed by atoms with Crippen LogP contribution < -0.4 is 0 Å². The molecule has 0 spiro atoms. The van der Waals surface area contributed by atoms with Crippen molar-refractivity contribution in [2.45, 2.75) is 6.42 Å². The van der Waals surface area contributed by atoms with E-state index in [1.807, 2.05) is 0 Å². The van der Waals surface area contributed by atoms with Crippen LogP contribution >= 0.6 is 23.2 Å². The van der Waals surface area contributed by atoms with Crippen LogP contribution in [0.1, 0.15) is 6.42 Å². The summed E-state index contributed by atoms with van der Waals surface area (Å²) < 4.78 is 9.11. The lowest BCUT2D eigenvalue weighted by molar-refractivity contribution is -0.153. The Morgan fingerprint density at radius 2 is 1.27 bits per heavy atom. The standard InChI is InChI=1S/C9H10Cl2O4/c1-6(10)4-14-8(12)3-9(13)15-5-7(2)11/h1-5H2. The zero-order valence-corrected chi connectivity index (χ0v) is 9.44. The zero-order chi connectivity index (χ0) is 11.8. The third-order valence-electron chi connectivity index (χ3n) is 1.07. The molecule has 0 aromatic carbocycles. The molecule has 0 aliphatic rings. The highest BCUT2D eigenvalue weighted by Gasteiger charge is 2.12. The number of hydrogen-bond acceptors (Lipinski definition) is 4. The molecule has 0 aromatic heterocycles. The van der Waals surface area contributed by atoms with Gasteiger partial charge in [-0.15, -0.1) is 0 Å². The van der Waals surface area contributed by atoms with Gasteiger partial charge in [-0.2, -0.15) is 0 Å². The monoisotopic (exact) mass is 252 g/mol. The molecule has 0 unspecified atom stereocenters. The largest absolute Gasteiger partial charge is 0.459 e. The summed E-state index contributed by atoms with van der Waals surface area (Å²) in [6.45, 7) is 6.36. The fourth-order valence-corrected chi connectivity index (χ4v) is 0.647. The average Bonchev–Trinajstić information content (AvgIpc) is 2.11. The molecule has 6 heteroatoms. The van der Waals surface area contributed by atoms with E-state index in [0.717, 1.165) is 0 Å². The minimum atomic E-state index is -0.734. The first-order valence-electron chi connectivity index (χ1n) is 3.89. The van der Waals surface area contributed by atoms with Gasteiger partial charge in [-0.25, -0.2) is 0 Å². The van der Waals surface area contributed by atoms with Crippen molar-refractivity contribution in [1.29, 1.82) is 0 Å². The summed E-state index contributed by atoms with van der Waals surface area (Å²) in [5.41, 5.74) is 0. The third kappa shape index (κ3) is 9.31. The predicted molar refractivity (Wildman–Crippen MR) is 56.5 cm³/mol. The van der Waals surface area contributed by atoms with Gasteiger partial charge in [0.05, 0.1) is 0 Å². The second kappa shape index (κ2) is 7.31. The molecule has 0 radical (unpaired) electrons. The molecule has 0 saturated carbocycles. The number of hydrogen-bond donors (Lipinski definition) is 0. The summed E-state index contributed by atoms with van der Waals surface area (Å²) in [6, 6.07) is 0. The van der Waals surface area contributed by atoms with Crippen molar-refractivity contribution in [3.63, 3.8) is 0 Å². The first-order valence-corrected chi connectivity index (χ1v) is 4.65. The van der Waals surface area contributed by atoms with Gasteiger partial charge in [0.1, 0.15) is 19.6 Å². The molecule has 0 N–H and O–H groups in total. The summed E-state index contributed by atoms with van der Waals surface area (Å²) in [7, 11) is 0. The first-order chi connectivity index (χ1) is 6.91. The number of ether oxygens (including phenoxy) is 2. The molecule has 15 heavy (non-hydrogen) atoms. The minimum absolute atomic E-state index is 0.129. The second-order valence-electron chi connectivity index (χ2n) is 2.53. The average molecular weight is 253 g/mol. The van der Waals surface area contributed by atoms with Crippen LogP contribution in [0, 0.1) is 0 Å². The topological polar surface area (TPSA) is 52.6 Å². The van der Waals surface area contributed by atoms with Gasteiger partial charge in [0.15, 0.2) is 0 Å². The molecule has 0 bridgehead atoms. The van der Waals surface area contributed by atoms with Gasteiger partial charge in [0, 0.05) is 10.1 Å². The van der Waals surface area contributed by atoms with Crippen molar-refractivity contribution in [1.82, 2.24) is 0 Å². The van der Waals surface area contributed by atoms with E-state index in [2.05, 4.69) is 22.6 Å². The van der Waals surface area contributed by atoms with E-state index < -0.39 is 18.4 Å². The molecule has 0 amide bonds. The fraction of sp³-hybridized carbons (Fsp3) is 0.333. The molecule has 0 heterocycles. The van der Waals surface area contributed by atoms with Crippen molar-refractivity contribution in [2.75, 3.05) is 13.2 Å². The maximum atomic E-state index is 10.9. The SMILES string of the molecule is C=C(Cl)COC(=O)CC(=O)OCC(=C)Cl. The van der Waals surface area contributed by atoms with E-state index in [1.54, 1.807) is 0 Å². The third-order valence-corrected chi connectivity index (χ3v) is 1.29. The number of rotatable bonds is 6. The number of carbonyl (C=O) groups is 2. The lowest BCUT2D eigenvalue weighted by Crippen LogP contribution is -2.14. The van der Waals surface area contributed by atoms with Gasteiger partial charge in [0.25, 0.3) is 0 Å². The Hall–Kier alpha value is -1.00. The lowest BCUT2D eigenvalue weighted by atomic mass is 10.4. The van der Waals surface area contributed by atoms with Crippen LogP contribution in [0.2, 0.25) is 0 Å². The lowest BCUT2D eigenvalue weighted by Gasteiger charge is -2.04. The molecule has 84 valence electrons. The van der Waals surface area contributed by atoms with Gasteiger partial charge in [0.2, 0.25) is 0 Å². The quantitative estimate of drug-likeness (QED) is 0.536. The van der Waals surface area contributed by atoms with Crippen molar-refractivity contribution < 1.29 is 19.1 Å². The van der Waals surface area contributed by atoms with Crippen LogP contribution in [-0.2, 0) is 19.1 Å². The molecule has 0 atom stereocenters. The van der Waals surface area contributed by atoms with E-state index in [9.17, 15) is 9.59 Å². The molecule has 0 aliphatic carbocycles. The molecule has 0 aromatic rings. The molecular formula is C9H10Cl2O4. The van der Waals surface area contributed by atoms with Crippen LogP contribution in [0.15, 0.2) is 23.2 Å². The maximum absolute atomic E-state index is 10.9. The summed E-state index contributed by atoms with van der Waals surface area (Å²) in [5, 5.41) is 0.344. The van der Waals surface area contributed by atoms with Crippen LogP contribution in [0.5, 0.6) is 0 Å². The molecular weight excluding hydrogens is 243 g/mol. The van der Waals surface area contributed by atoms with Gasteiger partial charge < -0.3 is 9.47 Å². The van der Waals surface area contributed by atoms with Crippen molar-refractivity contribution >= 4 is 35.1 Å². The van der Waals surface area contributed by atoms with Gasteiger partial charge in [-0.05, 0) is 0 Å². The van der Waals surface area contributed by atoms with E-state index in [0.29, 0.717) is 0 Å². The fourth-order valence-electron chi connectivity index (χ4n) is 0.538. The molecule has 0 saturated heterocycles. The summed E-state index contributed by atoms with van der Waals surface area (Å²) in [6.07, 6.45) is -0.492. The Kier molecular flexibility index (Phi) is 6.83. The van der Waals surface area contributed by atoms with Crippen LogP contribution in [0.4, 0.5) is 0 Å². The zero-order valence-electron chi connectivity index (χ0n) is 7.92. The predicted octanol–water partition coefficient (Wildman–Crippen LogP) is 1.97. The molecule has 0 rings (SSSR count). The molecule has 4 nitrogen and oxygen atoms in total. The number of halogens is 2. The normalized spacial score (nSPS) is 9.20. The smallest absolute Gasteiger partial charge is 0.317 e. The minimum Gasteiger partial charge on any atom is -0.459 e.